The molecule has 0 heterocycles. The number of para-hydroxylation sites is 1. The molecule has 0 radical (unpaired) electrons. The SMILES string of the molecule is O=C(Nc1ccccc1C#CCO)C1CCC1. The Morgan fingerprint density at radius 3 is 2.82 bits per heavy atom. The zero-order chi connectivity index (χ0) is 12.1. The van der Waals surface area contributed by atoms with Gasteiger partial charge in [-0.15, -0.1) is 0 Å². The highest BCUT2D eigenvalue weighted by molar-refractivity contribution is 5.94. The van der Waals surface area contributed by atoms with Crippen LogP contribution >= 0.6 is 0 Å². The predicted octanol–water partition coefficient (Wildman–Crippen LogP) is 1.77. The molecule has 0 aromatic heterocycles. The Morgan fingerprint density at radius 2 is 2.18 bits per heavy atom. The highest BCUT2D eigenvalue weighted by Crippen LogP contribution is 2.28. The van der Waals surface area contributed by atoms with Gasteiger partial charge in [0.05, 0.1) is 5.69 Å². The topological polar surface area (TPSA) is 49.3 Å². The molecule has 1 saturated carbocycles. The third kappa shape index (κ3) is 2.86. The first-order valence-corrected chi connectivity index (χ1v) is 5.81. The Kier molecular flexibility index (Phi) is 3.79. The van der Waals surface area contributed by atoms with Gasteiger partial charge in [0.25, 0.3) is 0 Å². The summed E-state index contributed by atoms with van der Waals surface area (Å²) in [6.07, 6.45) is 3.11. The summed E-state index contributed by atoms with van der Waals surface area (Å²) in [7, 11) is 0. The van der Waals surface area contributed by atoms with E-state index < -0.39 is 0 Å². The number of anilines is 1. The van der Waals surface area contributed by atoms with Gasteiger partial charge in [-0.3, -0.25) is 4.79 Å². The quantitative estimate of drug-likeness (QED) is 0.759. The van der Waals surface area contributed by atoms with Gasteiger partial charge in [-0.05, 0) is 25.0 Å². The summed E-state index contributed by atoms with van der Waals surface area (Å²) in [4.78, 5) is 11.8. The largest absolute Gasteiger partial charge is 0.384 e. The first-order chi connectivity index (χ1) is 8.31. The van der Waals surface area contributed by atoms with Crippen molar-refractivity contribution in [2.45, 2.75) is 19.3 Å². The van der Waals surface area contributed by atoms with Crippen molar-refractivity contribution in [3.63, 3.8) is 0 Å². The lowest BCUT2D eigenvalue weighted by Crippen LogP contribution is -2.28. The molecule has 0 atom stereocenters. The Hall–Kier alpha value is -1.79. The Bertz CT molecular complexity index is 467. The second-order valence-corrected chi connectivity index (χ2v) is 4.12. The third-order valence-electron chi connectivity index (χ3n) is 2.96. The minimum absolute atomic E-state index is 0.0782. The van der Waals surface area contributed by atoms with Crippen molar-refractivity contribution in [3.8, 4) is 11.8 Å². The molecule has 17 heavy (non-hydrogen) atoms. The van der Waals surface area contributed by atoms with Crippen molar-refractivity contribution in [2.75, 3.05) is 11.9 Å². The van der Waals surface area contributed by atoms with Crippen LogP contribution in [0.5, 0.6) is 0 Å². The molecule has 1 aliphatic rings. The molecule has 1 amide bonds. The molecule has 1 fully saturated rings. The maximum Gasteiger partial charge on any atom is 0.227 e. The summed E-state index contributed by atoms with van der Waals surface area (Å²) in [5.41, 5.74) is 1.47. The molecule has 0 unspecified atom stereocenters. The maximum absolute atomic E-state index is 11.8. The molecule has 2 rings (SSSR count). The fourth-order valence-electron chi connectivity index (χ4n) is 1.74. The number of aliphatic hydroxyl groups excluding tert-OH is 1. The number of nitrogens with one attached hydrogen (secondary N) is 1. The van der Waals surface area contributed by atoms with E-state index in [9.17, 15) is 4.79 Å². The zero-order valence-corrected chi connectivity index (χ0v) is 9.57. The van der Waals surface area contributed by atoms with Crippen LogP contribution in [0.25, 0.3) is 0 Å². The number of carbonyl (C=O) groups excluding carboxylic acids is 1. The number of hydrogen-bond donors (Lipinski definition) is 2. The van der Waals surface area contributed by atoms with Gasteiger partial charge in [0.15, 0.2) is 0 Å². The van der Waals surface area contributed by atoms with E-state index >= 15 is 0 Å². The monoisotopic (exact) mass is 229 g/mol. The predicted molar refractivity (Wildman–Crippen MR) is 66.4 cm³/mol. The van der Waals surface area contributed by atoms with Gasteiger partial charge in [-0.2, -0.15) is 0 Å². The van der Waals surface area contributed by atoms with Crippen molar-refractivity contribution < 1.29 is 9.90 Å². The van der Waals surface area contributed by atoms with Crippen LogP contribution in [-0.2, 0) is 4.79 Å². The van der Waals surface area contributed by atoms with E-state index in [1.807, 2.05) is 24.3 Å². The average Bonchev–Trinajstić information content (AvgIpc) is 2.25. The van der Waals surface area contributed by atoms with E-state index in [4.69, 9.17) is 5.11 Å². The molecule has 1 aromatic carbocycles. The van der Waals surface area contributed by atoms with Gasteiger partial charge in [0, 0.05) is 11.5 Å². The van der Waals surface area contributed by atoms with Crippen molar-refractivity contribution in [1.82, 2.24) is 0 Å². The molecule has 1 aromatic rings. The van der Waals surface area contributed by atoms with E-state index in [1.165, 1.54) is 0 Å². The molecule has 3 nitrogen and oxygen atoms in total. The fraction of sp³-hybridized carbons (Fsp3) is 0.357. The summed E-state index contributed by atoms with van der Waals surface area (Å²) in [5, 5.41) is 11.6. The molecule has 1 aliphatic carbocycles. The van der Waals surface area contributed by atoms with Crippen LogP contribution in [0.1, 0.15) is 24.8 Å². The number of benzene rings is 1. The van der Waals surface area contributed by atoms with Gasteiger partial charge in [0.1, 0.15) is 6.61 Å². The van der Waals surface area contributed by atoms with Gasteiger partial charge in [-0.1, -0.05) is 30.4 Å². The lowest BCUT2D eigenvalue weighted by Gasteiger charge is -2.24. The van der Waals surface area contributed by atoms with Crippen molar-refractivity contribution in [2.24, 2.45) is 5.92 Å². The minimum atomic E-state index is -0.176. The Labute approximate surface area is 101 Å². The van der Waals surface area contributed by atoms with Crippen LogP contribution in [0.3, 0.4) is 0 Å². The molecule has 0 bridgehead atoms. The Balaban J connectivity index is 2.11. The van der Waals surface area contributed by atoms with E-state index in [0.29, 0.717) is 0 Å². The highest BCUT2D eigenvalue weighted by atomic mass is 16.2. The van der Waals surface area contributed by atoms with Gasteiger partial charge in [0.2, 0.25) is 5.91 Å². The number of rotatable bonds is 2. The molecule has 0 spiro atoms. The van der Waals surface area contributed by atoms with Crippen LogP contribution < -0.4 is 5.32 Å². The molecule has 0 saturated heterocycles. The van der Waals surface area contributed by atoms with Crippen LogP contribution in [0.15, 0.2) is 24.3 Å². The Morgan fingerprint density at radius 1 is 1.41 bits per heavy atom. The number of amides is 1. The third-order valence-corrected chi connectivity index (χ3v) is 2.96. The molecule has 3 heteroatoms. The second-order valence-electron chi connectivity index (χ2n) is 4.12. The lowest BCUT2D eigenvalue weighted by atomic mass is 9.85. The van der Waals surface area contributed by atoms with Crippen LogP contribution in [-0.4, -0.2) is 17.6 Å². The smallest absolute Gasteiger partial charge is 0.227 e. The maximum atomic E-state index is 11.8. The van der Waals surface area contributed by atoms with Crippen LogP contribution in [0.2, 0.25) is 0 Å². The van der Waals surface area contributed by atoms with Crippen molar-refractivity contribution in [3.05, 3.63) is 29.8 Å². The number of aliphatic hydroxyl groups is 1. The van der Waals surface area contributed by atoms with Gasteiger partial charge >= 0.3 is 0 Å². The zero-order valence-electron chi connectivity index (χ0n) is 9.57. The van der Waals surface area contributed by atoms with Crippen LogP contribution in [0.4, 0.5) is 5.69 Å². The standard InChI is InChI=1S/C14H15NO2/c16-10-4-8-11-5-1-2-9-13(11)15-14(17)12-6-3-7-12/h1-2,5,9,12,16H,3,6-7,10H2,(H,15,17). The molecule has 88 valence electrons. The molecular weight excluding hydrogens is 214 g/mol. The summed E-state index contributed by atoms with van der Waals surface area (Å²) in [6, 6.07) is 7.39. The summed E-state index contributed by atoms with van der Waals surface area (Å²) in [5.74, 6) is 5.66. The van der Waals surface area contributed by atoms with E-state index in [-0.39, 0.29) is 18.4 Å². The molecule has 0 aliphatic heterocycles. The fourth-order valence-corrected chi connectivity index (χ4v) is 1.74. The van der Waals surface area contributed by atoms with Crippen LogP contribution in [0, 0.1) is 17.8 Å². The summed E-state index contributed by atoms with van der Waals surface area (Å²) in [6.45, 7) is -0.176. The first kappa shape index (κ1) is 11.7. The molecular formula is C14H15NO2. The van der Waals surface area contributed by atoms with Crippen molar-refractivity contribution in [1.29, 1.82) is 0 Å². The number of carbonyl (C=O) groups is 1. The van der Waals surface area contributed by atoms with E-state index in [0.717, 1.165) is 30.5 Å². The molecule has 2 N–H and O–H groups in total. The number of hydrogen-bond acceptors (Lipinski definition) is 2. The normalized spacial score (nSPS) is 14.4. The van der Waals surface area contributed by atoms with Gasteiger partial charge in [-0.25, -0.2) is 0 Å². The summed E-state index contributed by atoms with van der Waals surface area (Å²) >= 11 is 0. The average molecular weight is 229 g/mol. The minimum Gasteiger partial charge on any atom is -0.384 e. The van der Waals surface area contributed by atoms with Crippen molar-refractivity contribution >= 4 is 11.6 Å². The van der Waals surface area contributed by atoms with E-state index in [2.05, 4.69) is 17.2 Å². The second kappa shape index (κ2) is 5.51. The van der Waals surface area contributed by atoms with E-state index in [1.54, 1.807) is 0 Å². The van der Waals surface area contributed by atoms with Gasteiger partial charge < -0.3 is 10.4 Å². The highest BCUT2D eigenvalue weighted by Gasteiger charge is 2.25. The lowest BCUT2D eigenvalue weighted by molar-refractivity contribution is -0.122. The first-order valence-electron chi connectivity index (χ1n) is 5.81. The summed E-state index contributed by atoms with van der Waals surface area (Å²) < 4.78 is 0.